The van der Waals surface area contributed by atoms with Crippen LogP contribution in [0.25, 0.3) is 5.69 Å². The predicted octanol–water partition coefficient (Wildman–Crippen LogP) is 3.33. The molecule has 1 aromatic carbocycles. The van der Waals surface area contributed by atoms with Gasteiger partial charge in [0.05, 0.1) is 5.54 Å². The normalized spacial score (nSPS) is 26.0. The lowest BCUT2D eigenvalue weighted by molar-refractivity contribution is 0.219. The third-order valence-electron chi connectivity index (χ3n) is 4.86. The molecule has 1 aromatic heterocycles. The van der Waals surface area contributed by atoms with E-state index in [1.165, 1.54) is 19.3 Å². The minimum absolute atomic E-state index is 0.344. The van der Waals surface area contributed by atoms with Crippen molar-refractivity contribution in [1.82, 2.24) is 14.8 Å². The SMILES string of the molecule is CCC1CCC(N)(c2nnc(C)n2-c2ccccc2)CC1. The molecule has 1 fully saturated rings. The Balaban J connectivity index is 1.97. The summed E-state index contributed by atoms with van der Waals surface area (Å²) in [6.07, 6.45) is 5.62. The molecule has 0 atom stereocenters. The van der Waals surface area contributed by atoms with E-state index < -0.39 is 0 Å². The summed E-state index contributed by atoms with van der Waals surface area (Å²) in [5, 5.41) is 8.71. The molecule has 0 amide bonds. The van der Waals surface area contributed by atoms with Crippen molar-refractivity contribution in [1.29, 1.82) is 0 Å². The van der Waals surface area contributed by atoms with Gasteiger partial charge in [0.15, 0.2) is 5.82 Å². The lowest BCUT2D eigenvalue weighted by atomic mass is 9.75. The number of hydrogen-bond donors (Lipinski definition) is 1. The van der Waals surface area contributed by atoms with Gasteiger partial charge in [-0.15, -0.1) is 10.2 Å². The Bertz CT molecular complexity index is 595. The van der Waals surface area contributed by atoms with Gasteiger partial charge in [0.1, 0.15) is 5.82 Å². The number of aromatic nitrogens is 3. The monoisotopic (exact) mass is 284 g/mol. The fraction of sp³-hybridized carbons (Fsp3) is 0.529. The van der Waals surface area contributed by atoms with E-state index in [2.05, 4.69) is 33.8 Å². The first-order valence-corrected chi connectivity index (χ1v) is 7.91. The van der Waals surface area contributed by atoms with Gasteiger partial charge in [0.2, 0.25) is 0 Å². The van der Waals surface area contributed by atoms with Gasteiger partial charge in [-0.05, 0) is 50.7 Å². The molecule has 0 unspecified atom stereocenters. The molecule has 0 radical (unpaired) electrons. The van der Waals surface area contributed by atoms with Crippen molar-refractivity contribution in [2.45, 2.75) is 51.5 Å². The summed E-state index contributed by atoms with van der Waals surface area (Å²) < 4.78 is 2.12. The molecule has 2 N–H and O–H groups in total. The van der Waals surface area contributed by atoms with Crippen molar-refractivity contribution >= 4 is 0 Å². The molecule has 0 aliphatic heterocycles. The first-order valence-electron chi connectivity index (χ1n) is 7.91. The largest absolute Gasteiger partial charge is 0.319 e. The summed E-state index contributed by atoms with van der Waals surface area (Å²) in [7, 11) is 0. The highest BCUT2D eigenvalue weighted by molar-refractivity contribution is 5.35. The molecule has 1 aliphatic rings. The highest BCUT2D eigenvalue weighted by Crippen LogP contribution is 2.38. The molecule has 0 saturated heterocycles. The summed E-state index contributed by atoms with van der Waals surface area (Å²) >= 11 is 0. The van der Waals surface area contributed by atoms with Crippen LogP contribution < -0.4 is 5.73 Å². The van der Waals surface area contributed by atoms with Crippen LogP contribution in [-0.2, 0) is 5.54 Å². The number of nitrogens with two attached hydrogens (primary N) is 1. The zero-order chi connectivity index (χ0) is 14.9. The van der Waals surface area contributed by atoms with E-state index in [1.54, 1.807) is 0 Å². The van der Waals surface area contributed by atoms with Gasteiger partial charge in [0.25, 0.3) is 0 Å². The highest BCUT2D eigenvalue weighted by Gasteiger charge is 2.37. The zero-order valence-electron chi connectivity index (χ0n) is 12.9. The highest BCUT2D eigenvalue weighted by atomic mass is 15.3. The average Bonchev–Trinajstić information content (AvgIpc) is 2.91. The van der Waals surface area contributed by atoms with Crippen LogP contribution in [0.3, 0.4) is 0 Å². The number of aryl methyl sites for hydroxylation is 1. The van der Waals surface area contributed by atoms with Gasteiger partial charge in [-0.25, -0.2) is 0 Å². The molecule has 4 heteroatoms. The summed E-state index contributed by atoms with van der Waals surface area (Å²) in [6, 6.07) is 10.3. The molecule has 2 aromatic rings. The van der Waals surface area contributed by atoms with Gasteiger partial charge in [-0.3, -0.25) is 4.57 Å². The Morgan fingerprint density at radius 1 is 1.19 bits per heavy atom. The molecular weight excluding hydrogens is 260 g/mol. The van der Waals surface area contributed by atoms with Crippen LogP contribution in [0.15, 0.2) is 30.3 Å². The van der Waals surface area contributed by atoms with Crippen molar-refractivity contribution in [3.63, 3.8) is 0 Å². The number of hydrogen-bond acceptors (Lipinski definition) is 3. The molecule has 4 nitrogen and oxygen atoms in total. The first-order chi connectivity index (χ1) is 10.1. The zero-order valence-corrected chi connectivity index (χ0v) is 12.9. The van der Waals surface area contributed by atoms with Crippen molar-refractivity contribution in [2.75, 3.05) is 0 Å². The second kappa shape index (κ2) is 5.60. The van der Waals surface area contributed by atoms with Crippen molar-refractivity contribution in [3.05, 3.63) is 42.0 Å². The molecule has 0 spiro atoms. The van der Waals surface area contributed by atoms with Gasteiger partial charge in [-0.1, -0.05) is 31.5 Å². The summed E-state index contributed by atoms with van der Waals surface area (Å²) in [4.78, 5) is 0. The summed E-state index contributed by atoms with van der Waals surface area (Å²) in [6.45, 7) is 4.26. The van der Waals surface area contributed by atoms with Gasteiger partial charge in [0, 0.05) is 5.69 Å². The van der Waals surface area contributed by atoms with E-state index in [4.69, 9.17) is 5.73 Å². The van der Waals surface area contributed by atoms with Crippen molar-refractivity contribution < 1.29 is 0 Å². The quantitative estimate of drug-likeness (QED) is 0.940. The molecule has 1 aliphatic carbocycles. The molecule has 0 bridgehead atoms. The molecule has 1 heterocycles. The van der Waals surface area contributed by atoms with Gasteiger partial charge >= 0.3 is 0 Å². The second-order valence-corrected chi connectivity index (χ2v) is 6.25. The minimum atomic E-state index is -0.344. The lowest BCUT2D eigenvalue weighted by Crippen LogP contribution is -2.42. The molecular formula is C17H24N4. The second-order valence-electron chi connectivity index (χ2n) is 6.25. The van der Waals surface area contributed by atoms with Crippen LogP contribution in [0.2, 0.25) is 0 Å². The fourth-order valence-electron chi connectivity index (χ4n) is 3.40. The Hall–Kier alpha value is -1.68. The van der Waals surface area contributed by atoms with Crippen molar-refractivity contribution in [2.24, 2.45) is 11.7 Å². The summed E-state index contributed by atoms with van der Waals surface area (Å²) in [5.74, 6) is 2.63. The first kappa shape index (κ1) is 14.3. The fourth-order valence-corrected chi connectivity index (χ4v) is 3.40. The van der Waals surface area contributed by atoms with Crippen LogP contribution in [0, 0.1) is 12.8 Å². The average molecular weight is 284 g/mol. The van der Waals surface area contributed by atoms with E-state index in [0.29, 0.717) is 0 Å². The smallest absolute Gasteiger partial charge is 0.157 e. The van der Waals surface area contributed by atoms with Crippen LogP contribution in [0.4, 0.5) is 0 Å². The topological polar surface area (TPSA) is 56.7 Å². The Labute approximate surface area is 126 Å². The number of para-hydroxylation sites is 1. The van der Waals surface area contributed by atoms with Crippen LogP contribution >= 0.6 is 0 Å². The Morgan fingerprint density at radius 2 is 1.86 bits per heavy atom. The predicted molar refractivity (Wildman–Crippen MR) is 84.2 cm³/mol. The van der Waals surface area contributed by atoms with E-state index in [-0.39, 0.29) is 5.54 Å². The number of nitrogens with zero attached hydrogens (tertiary/aromatic N) is 3. The van der Waals surface area contributed by atoms with E-state index in [1.807, 2.05) is 25.1 Å². The van der Waals surface area contributed by atoms with E-state index in [9.17, 15) is 0 Å². The third kappa shape index (κ3) is 2.60. The van der Waals surface area contributed by atoms with Crippen molar-refractivity contribution in [3.8, 4) is 5.69 Å². The van der Waals surface area contributed by atoms with Gasteiger partial charge in [-0.2, -0.15) is 0 Å². The number of benzene rings is 1. The van der Waals surface area contributed by atoms with Crippen LogP contribution in [-0.4, -0.2) is 14.8 Å². The molecule has 3 rings (SSSR count). The van der Waals surface area contributed by atoms with E-state index >= 15 is 0 Å². The molecule has 21 heavy (non-hydrogen) atoms. The summed E-state index contributed by atoms with van der Waals surface area (Å²) in [5.41, 5.74) is 7.48. The standard InChI is InChI=1S/C17H24N4/c1-3-14-9-11-17(18,12-10-14)16-20-19-13(2)21(16)15-7-5-4-6-8-15/h4-8,14H,3,9-12,18H2,1-2H3. The maximum Gasteiger partial charge on any atom is 0.157 e. The maximum absolute atomic E-state index is 6.73. The molecule has 112 valence electrons. The minimum Gasteiger partial charge on any atom is -0.319 e. The van der Waals surface area contributed by atoms with Gasteiger partial charge < -0.3 is 5.73 Å². The lowest BCUT2D eigenvalue weighted by Gasteiger charge is -2.36. The Kier molecular flexibility index (Phi) is 3.81. The van der Waals surface area contributed by atoms with Crippen LogP contribution in [0.1, 0.15) is 50.7 Å². The van der Waals surface area contributed by atoms with Crippen LogP contribution in [0.5, 0.6) is 0 Å². The van der Waals surface area contributed by atoms with E-state index in [0.717, 1.165) is 36.1 Å². The molecule has 1 saturated carbocycles. The number of rotatable bonds is 3. The third-order valence-corrected chi connectivity index (χ3v) is 4.86. The Morgan fingerprint density at radius 3 is 2.48 bits per heavy atom. The maximum atomic E-state index is 6.73.